The number of carbonyl (C=O) groups excluding carboxylic acids is 3. The Labute approximate surface area is 115 Å². The van der Waals surface area contributed by atoms with Crippen LogP contribution in [-0.4, -0.2) is 52.4 Å². The first-order chi connectivity index (χ1) is 9.42. The molecule has 0 bridgehead atoms. The van der Waals surface area contributed by atoms with Crippen LogP contribution in [0.5, 0.6) is 0 Å². The monoisotopic (exact) mass is 283 g/mol. The van der Waals surface area contributed by atoms with Crippen molar-refractivity contribution in [2.45, 2.75) is 37.6 Å². The summed E-state index contributed by atoms with van der Waals surface area (Å²) in [5, 5.41) is 14.0. The first kappa shape index (κ1) is 14.3. The van der Waals surface area contributed by atoms with Gasteiger partial charge in [0.15, 0.2) is 0 Å². The lowest BCUT2D eigenvalue weighted by Gasteiger charge is -2.29. The largest absolute Gasteiger partial charge is 0.481 e. The molecular weight excluding hydrogens is 266 g/mol. The van der Waals surface area contributed by atoms with Crippen LogP contribution in [-0.2, 0) is 14.4 Å². The van der Waals surface area contributed by atoms with Gasteiger partial charge in [0.25, 0.3) is 5.91 Å². The van der Waals surface area contributed by atoms with Crippen LogP contribution in [0.25, 0.3) is 0 Å². The summed E-state index contributed by atoms with van der Waals surface area (Å²) in [7, 11) is 0. The minimum Gasteiger partial charge on any atom is -0.481 e. The molecule has 0 unspecified atom stereocenters. The molecule has 8 heteroatoms. The fraction of sp³-hybridized carbons (Fsp3) is 0.667. The minimum atomic E-state index is -0.970. The zero-order valence-corrected chi connectivity index (χ0v) is 11.0. The van der Waals surface area contributed by atoms with E-state index < -0.39 is 29.4 Å². The molecule has 1 heterocycles. The van der Waals surface area contributed by atoms with E-state index in [1.807, 2.05) is 0 Å². The molecule has 0 aromatic heterocycles. The molecule has 1 saturated heterocycles. The van der Waals surface area contributed by atoms with E-state index in [2.05, 4.69) is 10.6 Å². The van der Waals surface area contributed by atoms with Crippen molar-refractivity contribution < 1.29 is 24.3 Å². The summed E-state index contributed by atoms with van der Waals surface area (Å²) in [4.78, 5) is 46.4. The van der Waals surface area contributed by atoms with Crippen LogP contribution in [0.2, 0.25) is 0 Å². The van der Waals surface area contributed by atoms with E-state index in [1.165, 1.54) is 0 Å². The van der Waals surface area contributed by atoms with Gasteiger partial charge in [-0.2, -0.15) is 0 Å². The molecule has 2 aliphatic rings. The van der Waals surface area contributed by atoms with Gasteiger partial charge in [-0.05, 0) is 12.8 Å². The fourth-order valence-electron chi connectivity index (χ4n) is 2.78. The lowest BCUT2D eigenvalue weighted by Crippen LogP contribution is -2.51. The number of nitrogens with zero attached hydrogens (tertiary/aromatic N) is 1. The Morgan fingerprint density at radius 3 is 2.45 bits per heavy atom. The van der Waals surface area contributed by atoms with E-state index in [0.717, 1.165) is 17.7 Å². The third-order valence-corrected chi connectivity index (χ3v) is 3.69. The van der Waals surface area contributed by atoms with Gasteiger partial charge in [-0.3, -0.25) is 19.3 Å². The Kier molecular flexibility index (Phi) is 3.91. The Hall–Kier alpha value is -2.12. The highest BCUT2D eigenvalue weighted by Gasteiger charge is 2.38. The molecule has 1 saturated carbocycles. The van der Waals surface area contributed by atoms with E-state index in [1.54, 1.807) is 0 Å². The van der Waals surface area contributed by atoms with Crippen LogP contribution in [0, 0.1) is 0 Å². The quantitative estimate of drug-likeness (QED) is 0.585. The van der Waals surface area contributed by atoms with Gasteiger partial charge in [0.2, 0.25) is 5.91 Å². The zero-order valence-electron chi connectivity index (χ0n) is 11.0. The number of imide groups is 1. The van der Waals surface area contributed by atoms with E-state index in [0.29, 0.717) is 12.8 Å². The van der Waals surface area contributed by atoms with Crippen LogP contribution in [0.1, 0.15) is 32.1 Å². The summed E-state index contributed by atoms with van der Waals surface area (Å²) in [6, 6.07) is -0.594. The van der Waals surface area contributed by atoms with E-state index in [4.69, 9.17) is 5.11 Å². The van der Waals surface area contributed by atoms with Gasteiger partial charge in [0.1, 0.15) is 6.54 Å². The highest BCUT2D eigenvalue weighted by molar-refractivity contribution is 6.04. The maximum absolute atomic E-state index is 12.0. The molecule has 110 valence electrons. The van der Waals surface area contributed by atoms with E-state index >= 15 is 0 Å². The van der Waals surface area contributed by atoms with Crippen LogP contribution >= 0.6 is 0 Å². The van der Waals surface area contributed by atoms with Crippen molar-refractivity contribution in [3.63, 3.8) is 0 Å². The number of hydrogen-bond acceptors (Lipinski definition) is 4. The first-order valence-electron chi connectivity index (χ1n) is 6.53. The molecule has 1 aliphatic heterocycles. The average Bonchev–Trinajstić information content (AvgIpc) is 2.90. The number of nitrogens with one attached hydrogen (secondary N) is 2. The summed E-state index contributed by atoms with van der Waals surface area (Å²) >= 11 is 0. The van der Waals surface area contributed by atoms with Crippen molar-refractivity contribution in [1.29, 1.82) is 0 Å². The topological polar surface area (TPSA) is 116 Å². The maximum Gasteiger partial charge on any atom is 0.325 e. The SMILES string of the molecule is O=C(O)CC1(NC(=O)CN2C(=O)CNC2=O)CCCC1. The van der Waals surface area contributed by atoms with E-state index in [-0.39, 0.29) is 19.5 Å². The van der Waals surface area contributed by atoms with Crippen molar-refractivity contribution >= 4 is 23.8 Å². The van der Waals surface area contributed by atoms with Crippen molar-refractivity contribution in [1.82, 2.24) is 15.5 Å². The summed E-state index contributed by atoms with van der Waals surface area (Å²) in [5.74, 6) is -1.93. The predicted octanol–water partition coefficient (Wildman–Crippen LogP) is -0.558. The van der Waals surface area contributed by atoms with Crippen LogP contribution in [0.15, 0.2) is 0 Å². The van der Waals surface area contributed by atoms with Gasteiger partial charge in [0.05, 0.1) is 18.5 Å². The lowest BCUT2D eigenvalue weighted by molar-refractivity contribution is -0.139. The number of carbonyl (C=O) groups is 4. The molecule has 2 rings (SSSR count). The molecule has 1 aliphatic carbocycles. The molecule has 20 heavy (non-hydrogen) atoms. The van der Waals surface area contributed by atoms with Crippen LogP contribution < -0.4 is 10.6 Å². The lowest BCUT2D eigenvalue weighted by atomic mass is 9.93. The maximum atomic E-state index is 12.0. The number of carboxylic acids is 1. The number of aliphatic carboxylic acids is 1. The molecular formula is C12H17N3O5. The molecule has 0 radical (unpaired) electrons. The third-order valence-electron chi connectivity index (χ3n) is 3.69. The van der Waals surface area contributed by atoms with Crippen molar-refractivity contribution in [2.75, 3.05) is 13.1 Å². The second-order valence-corrected chi connectivity index (χ2v) is 5.24. The molecule has 2 fully saturated rings. The van der Waals surface area contributed by atoms with Crippen LogP contribution in [0.3, 0.4) is 0 Å². The Balaban J connectivity index is 1.97. The first-order valence-corrected chi connectivity index (χ1v) is 6.53. The Bertz CT molecular complexity index is 440. The van der Waals surface area contributed by atoms with Crippen LogP contribution in [0.4, 0.5) is 4.79 Å². The minimum absolute atomic E-state index is 0.105. The second kappa shape index (κ2) is 5.48. The number of urea groups is 1. The van der Waals surface area contributed by atoms with Crippen molar-refractivity contribution in [2.24, 2.45) is 0 Å². The zero-order chi connectivity index (χ0) is 14.8. The van der Waals surface area contributed by atoms with Gasteiger partial charge < -0.3 is 15.7 Å². The molecule has 3 N–H and O–H groups in total. The van der Waals surface area contributed by atoms with Gasteiger partial charge in [-0.15, -0.1) is 0 Å². The molecule has 0 spiro atoms. The molecule has 8 nitrogen and oxygen atoms in total. The van der Waals surface area contributed by atoms with Gasteiger partial charge in [-0.1, -0.05) is 12.8 Å². The smallest absolute Gasteiger partial charge is 0.325 e. The molecule has 0 aromatic carbocycles. The van der Waals surface area contributed by atoms with Gasteiger partial charge >= 0.3 is 12.0 Å². The third kappa shape index (κ3) is 3.06. The number of rotatable bonds is 5. The highest BCUT2D eigenvalue weighted by atomic mass is 16.4. The second-order valence-electron chi connectivity index (χ2n) is 5.24. The summed E-state index contributed by atoms with van der Waals surface area (Å²) in [6.07, 6.45) is 2.78. The van der Waals surface area contributed by atoms with Crippen molar-refractivity contribution in [3.05, 3.63) is 0 Å². The van der Waals surface area contributed by atoms with Crippen molar-refractivity contribution in [3.8, 4) is 0 Å². The number of carboxylic acid groups (broad SMARTS) is 1. The fourth-order valence-corrected chi connectivity index (χ4v) is 2.78. The van der Waals surface area contributed by atoms with Gasteiger partial charge in [0, 0.05) is 0 Å². The normalized spacial score (nSPS) is 20.9. The predicted molar refractivity (Wildman–Crippen MR) is 66.7 cm³/mol. The summed E-state index contributed by atoms with van der Waals surface area (Å²) < 4.78 is 0. The number of amides is 4. The van der Waals surface area contributed by atoms with Gasteiger partial charge in [-0.25, -0.2) is 4.79 Å². The molecule has 0 aromatic rings. The standard InChI is InChI=1S/C12H17N3O5/c16-8(7-15-9(17)6-13-11(15)20)14-12(5-10(18)19)3-1-2-4-12/h1-7H2,(H,13,20)(H,14,16)(H,18,19). The molecule has 0 atom stereocenters. The molecule has 4 amide bonds. The Morgan fingerprint density at radius 1 is 1.30 bits per heavy atom. The number of hydrogen-bond donors (Lipinski definition) is 3. The average molecular weight is 283 g/mol. The van der Waals surface area contributed by atoms with E-state index in [9.17, 15) is 19.2 Å². The summed E-state index contributed by atoms with van der Waals surface area (Å²) in [6.45, 7) is -0.474. The summed E-state index contributed by atoms with van der Waals surface area (Å²) in [5.41, 5.74) is -0.748. The Morgan fingerprint density at radius 2 is 1.95 bits per heavy atom. The highest BCUT2D eigenvalue weighted by Crippen LogP contribution is 2.32.